The smallest absolute Gasteiger partial charge is 0.241 e. The van der Waals surface area contributed by atoms with Gasteiger partial charge in [-0.1, -0.05) is 6.08 Å². The van der Waals surface area contributed by atoms with E-state index < -0.39 is 15.7 Å². The van der Waals surface area contributed by atoms with Gasteiger partial charge in [0.15, 0.2) is 0 Å². The summed E-state index contributed by atoms with van der Waals surface area (Å²) >= 11 is 0. The van der Waals surface area contributed by atoms with Crippen molar-refractivity contribution in [1.82, 2.24) is 5.32 Å². The zero-order chi connectivity index (χ0) is 23.1. The molecule has 4 rings (SSSR count). The summed E-state index contributed by atoms with van der Waals surface area (Å²) in [6.45, 7) is 5.18. The number of fused-ring (bicyclic) bond motifs is 1. The van der Waals surface area contributed by atoms with E-state index >= 15 is 4.39 Å². The number of nitrogens with zero attached hydrogens (tertiary/aromatic N) is 1. The fraction of sp³-hybridized carbons (Fsp3) is 0.522. The summed E-state index contributed by atoms with van der Waals surface area (Å²) in [5.41, 5.74) is 2.04. The van der Waals surface area contributed by atoms with Crippen molar-refractivity contribution >= 4 is 21.3 Å². The van der Waals surface area contributed by atoms with E-state index in [1.165, 1.54) is 19.2 Å². The fourth-order valence-electron chi connectivity index (χ4n) is 4.59. The molecule has 1 fully saturated rings. The van der Waals surface area contributed by atoms with Crippen LogP contribution in [-0.2, 0) is 20.4 Å². The Hall–Kier alpha value is -2.07. The molecule has 0 amide bonds. The second kappa shape index (κ2) is 8.70. The molecule has 0 aromatic heterocycles. The minimum atomic E-state index is -4.07. The molecule has 3 N–H and O–H groups in total. The van der Waals surface area contributed by atoms with Gasteiger partial charge in [0, 0.05) is 50.2 Å². The lowest BCUT2D eigenvalue weighted by molar-refractivity contribution is -0.0969. The minimum absolute atomic E-state index is 0.0374. The van der Waals surface area contributed by atoms with Crippen molar-refractivity contribution in [3.05, 3.63) is 41.1 Å². The van der Waals surface area contributed by atoms with E-state index in [1.807, 2.05) is 6.92 Å². The molecular weight excluding hydrogens is 433 g/mol. The molecule has 174 valence electrons. The highest BCUT2D eigenvalue weighted by Crippen LogP contribution is 2.51. The van der Waals surface area contributed by atoms with E-state index in [1.54, 1.807) is 6.20 Å². The van der Waals surface area contributed by atoms with Crippen molar-refractivity contribution in [1.29, 1.82) is 0 Å². The zero-order valence-electron chi connectivity index (χ0n) is 18.7. The third-order valence-electron chi connectivity index (χ3n) is 6.41. The summed E-state index contributed by atoms with van der Waals surface area (Å²) in [5, 5.41) is 8.87. The first-order chi connectivity index (χ1) is 15.1. The molecular formula is C23H30FN3O4S. The molecule has 1 aromatic rings. The Bertz CT molecular complexity index is 1100. The molecule has 0 saturated heterocycles. The summed E-state index contributed by atoms with van der Waals surface area (Å²) in [6, 6.07) is 3.25. The Morgan fingerprint density at radius 2 is 2.06 bits per heavy atom. The number of halogens is 1. The Morgan fingerprint density at radius 3 is 2.72 bits per heavy atom. The number of sulfonamides is 1. The molecule has 9 heteroatoms. The standard InChI is InChI=1S/C23H30FN3O4S/c1-4-31-17-10-23(24,11-17)19-9-21(30-3)22(32(25,28)29)8-18(19)16-7-15-6-5-14(2)26-13-20(15)27-12-16/h6,8-9,12,14,17,26H,4-5,7,10-11,13H2,1-3H3,(H2,25,28,29)/t14?,17-,23+. The van der Waals surface area contributed by atoms with Gasteiger partial charge in [0.05, 0.1) is 18.9 Å². The summed E-state index contributed by atoms with van der Waals surface area (Å²) in [6.07, 6.45) is 5.52. The van der Waals surface area contributed by atoms with E-state index in [0.29, 0.717) is 36.7 Å². The molecule has 0 bridgehead atoms. The predicted octanol–water partition coefficient (Wildman–Crippen LogP) is 3.20. The first kappa shape index (κ1) is 23.1. The van der Waals surface area contributed by atoms with Gasteiger partial charge in [0.25, 0.3) is 0 Å². The number of nitrogens with two attached hydrogens (primary N) is 1. The Kier molecular flexibility index (Phi) is 6.28. The SMILES string of the molecule is CCO[C@H]1C[C@](F)(c2cc(OC)c(S(N)(=O)=O)cc2C2=CN=C3CNC(C)CC=C3C2)C1. The number of allylic oxidation sites excluding steroid dienone is 1. The third kappa shape index (κ3) is 4.39. The van der Waals surface area contributed by atoms with Crippen LogP contribution in [0.15, 0.2) is 39.9 Å². The number of aliphatic imine (C=N–C) groups is 1. The second-order valence-corrected chi connectivity index (χ2v) is 10.2. The lowest BCUT2D eigenvalue weighted by Gasteiger charge is -2.42. The molecule has 1 aromatic carbocycles. The maximum absolute atomic E-state index is 16.0. The van der Waals surface area contributed by atoms with Crippen LogP contribution in [-0.4, -0.2) is 46.5 Å². The molecule has 1 aliphatic carbocycles. The average molecular weight is 464 g/mol. The quantitative estimate of drug-likeness (QED) is 0.674. The number of benzene rings is 1. The molecule has 0 radical (unpaired) electrons. The molecule has 1 atom stereocenters. The fourth-order valence-corrected chi connectivity index (χ4v) is 5.30. The normalized spacial score (nSPS) is 28.0. The van der Waals surface area contributed by atoms with Crippen LogP contribution < -0.4 is 15.2 Å². The largest absolute Gasteiger partial charge is 0.495 e. The molecule has 3 aliphatic rings. The number of methoxy groups -OCH3 is 1. The van der Waals surface area contributed by atoms with Crippen LogP contribution in [0.5, 0.6) is 5.75 Å². The number of alkyl halides is 1. The number of nitrogens with one attached hydrogen (secondary N) is 1. The van der Waals surface area contributed by atoms with Gasteiger partial charge < -0.3 is 14.8 Å². The predicted molar refractivity (Wildman–Crippen MR) is 122 cm³/mol. The maximum Gasteiger partial charge on any atom is 0.241 e. The van der Waals surface area contributed by atoms with Gasteiger partial charge in [0.2, 0.25) is 10.0 Å². The van der Waals surface area contributed by atoms with Crippen molar-refractivity contribution in [2.45, 2.75) is 62.2 Å². The van der Waals surface area contributed by atoms with Crippen LogP contribution in [0.25, 0.3) is 5.57 Å². The van der Waals surface area contributed by atoms with E-state index in [9.17, 15) is 8.42 Å². The van der Waals surface area contributed by atoms with Gasteiger partial charge in [-0.3, -0.25) is 4.99 Å². The molecule has 7 nitrogen and oxygen atoms in total. The van der Waals surface area contributed by atoms with Crippen molar-refractivity contribution in [3.63, 3.8) is 0 Å². The zero-order valence-corrected chi connectivity index (χ0v) is 19.5. The number of primary sulfonamides is 1. The molecule has 1 saturated carbocycles. The average Bonchev–Trinajstić information content (AvgIpc) is 2.92. The van der Waals surface area contributed by atoms with Crippen LogP contribution in [0.4, 0.5) is 4.39 Å². The first-order valence-electron chi connectivity index (χ1n) is 10.9. The van der Waals surface area contributed by atoms with Crippen LogP contribution in [0.3, 0.4) is 0 Å². The monoisotopic (exact) mass is 463 g/mol. The van der Waals surface area contributed by atoms with Crippen LogP contribution >= 0.6 is 0 Å². The number of hydrogen-bond acceptors (Lipinski definition) is 6. The van der Waals surface area contributed by atoms with E-state index in [0.717, 1.165) is 23.3 Å². The van der Waals surface area contributed by atoms with Crippen LogP contribution in [0.1, 0.15) is 50.7 Å². The minimum Gasteiger partial charge on any atom is -0.495 e. The third-order valence-corrected chi connectivity index (χ3v) is 7.34. The highest BCUT2D eigenvalue weighted by molar-refractivity contribution is 7.89. The lowest BCUT2D eigenvalue weighted by atomic mass is 9.71. The van der Waals surface area contributed by atoms with Crippen molar-refractivity contribution in [3.8, 4) is 5.75 Å². The van der Waals surface area contributed by atoms with Crippen LogP contribution in [0.2, 0.25) is 0 Å². The molecule has 2 heterocycles. The first-order valence-corrected chi connectivity index (χ1v) is 12.4. The van der Waals surface area contributed by atoms with Gasteiger partial charge in [-0.2, -0.15) is 0 Å². The molecule has 0 spiro atoms. The Labute approximate surface area is 188 Å². The lowest BCUT2D eigenvalue weighted by Crippen LogP contribution is -2.43. The van der Waals surface area contributed by atoms with E-state index in [2.05, 4.69) is 23.3 Å². The summed E-state index contributed by atoms with van der Waals surface area (Å²) in [4.78, 5) is 4.45. The van der Waals surface area contributed by atoms with E-state index in [4.69, 9.17) is 14.6 Å². The maximum atomic E-state index is 16.0. The summed E-state index contributed by atoms with van der Waals surface area (Å²) in [5.74, 6) is 0.0374. The second-order valence-electron chi connectivity index (χ2n) is 8.70. The van der Waals surface area contributed by atoms with Gasteiger partial charge in [0.1, 0.15) is 16.3 Å². The van der Waals surface area contributed by atoms with Gasteiger partial charge in [-0.15, -0.1) is 0 Å². The van der Waals surface area contributed by atoms with Gasteiger partial charge >= 0.3 is 0 Å². The molecule has 2 aliphatic heterocycles. The topological polar surface area (TPSA) is 103 Å². The molecule has 1 unspecified atom stereocenters. The van der Waals surface area contributed by atoms with E-state index in [-0.39, 0.29) is 29.6 Å². The highest BCUT2D eigenvalue weighted by Gasteiger charge is 2.49. The van der Waals surface area contributed by atoms with Crippen LogP contribution in [0, 0.1) is 0 Å². The molecule has 32 heavy (non-hydrogen) atoms. The van der Waals surface area contributed by atoms with Crippen molar-refractivity contribution in [2.24, 2.45) is 10.1 Å². The Balaban J connectivity index is 1.82. The summed E-state index contributed by atoms with van der Waals surface area (Å²) in [7, 11) is -2.72. The highest BCUT2D eigenvalue weighted by atomic mass is 32.2. The Morgan fingerprint density at radius 1 is 1.31 bits per heavy atom. The van der Waals surface area contributed by atoms with Gasteiger partial charge in [-0.25, -0.2) is 17.9 Å². The summed E-state index contributed by atoms with van der Waals surface area (Å²) < 4.78 is 51.4. The van der Waals surface area contributed by atoms with Crippen molar-refractivity contribution in [2.75, 3.05) is 20.3 Å². The number of hydrogen-bond donors (Lipinski definition) is 2. The number of ether oxygens (including phenoxy) is 2. The van der Waals surface area contributed by atoms with Gasteiger partial charge in [-0.05, 0) is 49.1 Å². The van der Waals surface area contributed by atoms with Crippen molar-refractivity contribution < 1.29 is 22.3 Å². The number of rotatable bonds is 6.